The van der Waals surface area contributed by atoms with Crippen LogP contribution in [-0.4, -0.2) is 36.6 Å². The summed E-state index contributed by atoms with van der Waals surface area (Å²) in [6, 6.07) is 5.22. The van der Waals surface area contributed by atoms with Crippen LogP contribution in [0.3, 0.4) is 0 Å². The van der Waals surface area contributed by atoms with E-state index in [1.807, 2.05) is 13.0 Å². The summed E-state index contributed by atoms with van der Waals surface area (Å²) < 4.78 is 10.9. The van der Waals surface area contributed by atoms with Crippen LogP contribution in [-0.2, 0) is 16.0 Å². The molecule has 1 heterocycles. The van der Waals surface area contributed by atoms with Crippen molar-refractivity contribution in [3.63, 3.8) is 0 Å². The number of esters is 1. The van der Waals surface area contributed by atoms with Gasteiger partial charge in [-0.15, -0.1) is 0 Å². The van der Waals surface area contributed by atoms with Gasteiger partial charge < -0.3 is 19.7 Å². The molecule has 0 spiro atoms. The molecule has 6 nitrogen and oxygen atoms in total. The summed E-state index contributed by atoms with van der Waals surface area (Å²) in [5.74, 6) is -0.194. The minimum atomic E-state index is -1.20. The number of benzene rings is 1. The largest absolute Gasteiger partial charge is 0.547 e. The van der Waals surface area contributed by atoms with Crippen molar-refractivity contribution >= 4 is 19.0 Å². The third kappa shape index (κ3) is 5.49. The van der Waals surface area contributed by atoms with Crippen molar-refractivity contribution in [3.05, 3.63) is 29.3 Å². The molecule has 0 unspecified atom stereocenters. The fourth-order valence-electron chi connectivity index (χ4n) is 2.95. The van der Waals surface area contributed by atoms with Crippen molar-refractivity contribution in [3.8, 4) is 5.75 Å². The Labute approximate surface area is 155 Å². The Bertz CT molecular complexity index is 634. The van der Waals surface area contributed by atoms with Crippen molar-refractivity contribution in [1.82, 2.24) is 5.32 Å². The molecule has 1 aromatic rings. The Hall–Kier alpha value is -2.02. The second-order valence-electron chi connectivity index (χ2n) is 7.10. The van der Waals surface area contributed by atoms with E-state index in [1.54, 1.807) is 12.1 Å². The highest BCUT2D eigenvalue weighted by Gasteiger charge is 2.37. The van der Waals surface area contributed by atoms with Gasteiger partial charge in [-0.3, -0.25) is 4.79 Å². The lowest BCUT2D eigenvalue weighted by molar-refractivity contribution is -0.121. The number of rotatable bonds is 8. The third-order valence-corrected chi connectivity index (χ3v) is 4.32. The molecule has 0 radical (unpaired) electrons. The first-order valence-corrected chi connectivity index (χ1v) is 9.35. The van der Waals surface area contributed by atoms with Gasteiger partial charge in [-0.2, -0.15) is 0 Å². The van der Waals surface area contributed by atoms with E-state index in [9.17, 15) is 14.6 Å². The van der Waals surface area contributed by atoms with Gasteiger partial charge in [0.1, 0.15) is 11.3 Å². The third-order valence-electron chi connectivity index (χ3n) is 4.32. The van der Waals surface area contributed by atoms with Crippen LogP contribution in [0.4, 0.5) is 0 Å². The summed E-state index contributed by atoms with van der Waals surface area (Å²) in [6.07, 6.45) is 3.35. The van der Waals surface area contributed by atoms with Gasteiger partial charge in [0.2, 0.25) is 5.91 Å². The second-order valence-corrected chi connectivity index (χ2v) is 7.10. The van der Waals surface area contributed by atoms with E-state index < -0.39 is 19.0 Å². The lowest BCUT2D eigenvalue weighted by atomic mass is 9.72. The van der Waals surface area contributed by atoms with Crippen molar-refractivity contribution in [2.24, 2.45) is 5.92 Å². The zero-order chi connectivity index (χ0) is 19.1. The average molecular weight is 361 g/mol. The predicted octanol–water partition coefficient (Wildman–Crippen LogP) is 2.52. The van der Waals surface area contributed by atoms with Gasteiger partial charge in [0, 0.05) is 6.42 Å². The standard InChI is InChI=1S/C19H28BNO5/c1-4-7-17(22)21-16-12-14-9-5-10-15(18(14)26-20(16)24)19(23)25-11-6-8-13(2)3/h5,9-10,13,16,24H,4,6-8,11-12H2,1-3H3,(H,21,22)/t16-/m0/s1. The van der Waals surface area contributed by atoms with Crippen LogP contribution in [0.1, 0.15) is 62.4 Å². The molecule has 1 aliphatic rings. The fraction of sp³-hybridized carbons (Fsp3) is 0.579. The van der Waals surface area contributed by atoms with Gasteiger partial charge in [0.25, 0.3) is 0 Å². The molecule has 1 aliphatic heterocycles. The Morgan fingerprint density at radius 1 is 1.42 bits per heavy atom. The second kappa shape index (κ2) is 9.62. The van der Waals surface area contributed by atoms with E-state index >= 15 is 0 Å². The van der Waals surface area contributed by atoms with E-state index in [2.05, 4.69) is 19.2 Å². The molecule has 0 saturated carbocycles. The molecule has 1 atom stereocenters. The monoisotopic (exact) mass is 361 g/mol. The lowest BCUT2D eigenvalue weighted by Crippen LogP contribution is -2.53. The molecule has 0 aromatic heterocycles. The smallest absolute Gasteiger partial charge is 0.534 e. The van der Waals surface area contributed by atoms with Gasteiger partial charge in [-0.05, 0) is 43.2 Å². The van der Waals surface area contributed by atoms with E-state index in [-0.39, 0.29) is 5.91 Å². The molecular weight excluding hydrogens is 333 g/mol. The summed E-state index contributed by atoms with van der Waals surface area (Å²) >= 11 is 0. The summed E-state index contributed by atoms with van der Waals surface area (Å²) in [6.45, 7) is 6.53. The van der Waals surface area contributed by atoms with Crippen molar-refractivity contribution < 1.29 is 24.0 Å². The van der Waals surface area contributed by atoms with Crippen LogP contribution >= 0.6 is 0 Å². The van der Waals surface area contributed by atoms with Crippen molar-refractivity contribution in [2.45, 2.75) is 58.8 Å². The minimum absolute atomic E-state index is 0.121. The van der Waals surface area contributed by atoms with Gasteiger partial charge in [-0.1, -0.05) is 32.9 Å². The first-order valence-electron chi connectivity index (χ1n) is 9.35. The fourth-order valence-corrected chi connectivity index (χ4v) is 2.95. The number of hydrogen-bond acceptors (Lipinski definition) is 5. The van der Waals surface area contributed by atoms with Crippen molar-refractivity contribution in [2.75, 3.05) is 6.61 Å². The van der Waals surface area contributed by atoms with E-state index in [1.165, 1.54) is 0 Å². The normalized spacial score (nSPS) is 16.0. The maximum Gasteiger partial charge on any atom is 0.547 e. The molecule has 1 amide bonds. The number of fused-ring (bicyclic) bond motifs is 1. The molecule has 0 fully saturated rings. The molecule has 142 valence electrons. The van der Waals surface area contributed by atoms with Crippen LogP contribution < -0.4 is 9.97 Å². The molecule has 0 saturated heterocycles. The van der Waals surface area contributed by atoms with Gasteiger partial charge in [0.05, 0.1) is 12.5 Å². The average Bonchev–Trinajstić information content (AvgIpc) is 2.58. The lowest BCUT2D eigenvalue weighted by Gasteiger charge is -2.29. The highest BCUT2D eigenvalue weighted by atomic mass is 16.5. The highest BCUT2D eigenvalue weighted by Crippen LogP contribution is 2.30. The number of carbonyl (C=O) groups excluding carboxylic acids is 2. The number of ether oxygens (including phenoxy) is 1. The Morgan fingerprint density at radius 2 is 2.19 bits per heavy atom. The van der Waals surface area contributed by atoms with Crippen LogP contribution in [0, 0.1) is 5.92 Å². The quantitative estimate of drug-likeness (QED) is 0.422. The topological polar surface area (TPSA) is 84.9 Å². The van der Waals surface area contributed by atoms with Crippen LogP contribution in [0.5, 0.6) is 5.75 Å². The van der Waals surface area contributed by atoms with Crippen LogP contribution in [0.15, 0.2) is 18.2 Å². The van der Waals surface area contributed by atoms with Crippen LogP contribution in [0.2, 0.25) is 0 Å². The molecule has 26 heavy (non-hydrogen) atoms. The molecule has 7 heteroatoms. The Balaban J connectivity index is 2.03. The van der Waals surface area contributed by atoms with E-state index in [0.29, 0.717) is 36.7 Å². The maximum atomic E-state index is 12.4. The highest BCUT2D eigenvalue weighted by molar-refractivity contribution is 6.47. The first kappa shape index (κ1) is 20.3. The number of nitrogens with one attached hydrogen (secondary N) is 1. The van der Waals surface area contributed by atoms with Gasteiger partial charge in [0.15, 0.2) is 0 Å². The summed E-state index contributed by atoms with van der Waals surface area (Å²) in [7, 11) is -1.20. The number of hydrogen-bond donors (Lipinski definition) is 2. The first-order chi connectivity index (χ1) is 12.4. The molecule has 0 bridgehead atoms. The van der Waals surface area contributed by atoms with Gasteiger partial charge in [-0.25, -0.2) is 4.79 Å². The summed E-state index contributed by atoms with van der Waals surface area (Å²) in [4.78, 5) is 24.1. The molecule has 1 aromatic carbocycles. The number of amides is 1. The SMILES string of the molecule is CCCC(=O)N[C@H]1Cc2cccc(C(=O)OCCCC(C)C)c2OB1O. The van der Waals surface area contributed by atoms with Crippen molar-refractivity contribution in [1.29, 1.82) is 0 Å². The van der Waals surface area contributed by atoms with E-state index in [0.717, 1.165) is 24.8 Å². The Kier molecular flexibility index (Phi) is 7.51. The zero-order valence-corrected chi connectivity index (χ0v) is 15.8. The zero-order valence-electron chi connectivity index (χ0n) is 15.8. The molecule has 2 N–H and O–H groups in total. The van der Waals surface area contributed by atoms with E-state index in [4.69, 9.17) is 9.39 Å². The molecular formula is C19H28BNO5. The molecule has 0 aliphatic carbocycles. The predicted molar refractivity (Wildman–Crippen MR) is 99.9 cm³/mol. The van der Waals surface area contributed by atoms with Crippen LogP contribution in [0.25, 0.3) is 0 Å². The number of para-hydroxylation sites is 1. The maximum absolute atomic E-state index is 12.4. The summed E-state index contributed by atoms with van der Waals surface area (Å²) in [5, 5.41) is 13.0. The van der Waals surface area contributed by atoms with Gasteiger partial charge >= 0.3 is 13.1 Å². The minimum Gasteiger partial charge on any atom is -0.534 e. The number of carbonyl (C=O) groups is 2. The Morgan fingerprint density at radius 3 is 2.88 bits per heavy atom. The molecule has 2 rings (SSSR count). The summed E-state index contributed by atoms with van der Waals surface area (Å²) in [5.41, 5.74) is 1.08.